The van der Waals surface area contributed by atoms with Gasteiger partial charge in [-0.3, -0.25) is 4.98 Å². The molecule has 3 rings (SSSR count). The summed E-state index contributed by atoms with van der Waals surface area (Å²) in [6.07, 6.45) is 3.87. The van der Waals surface area contributed by atoms with Gasteiger partial charge in [-0.2, -0.15) is 0 Å². The quantitative estimate of drug-likeness (QED) is 0.128. The Hall–Kier alpha value is -2.36. The molecule has 0 amide bonds. The predicted octanol–water partition coefficient (Wildman–Crippen LogP) is 2.17. The van der Waals surface area contributed by atoms with Crippen molar-refractivity contribution in [3.05, 3.63) is 95.0 Å². The average Bonchev–Trinajstić information content (AvgIpc) is 2.83. The average molecular weight is 490 g/mol. The standard InChI is InChI=1S/C26H26ClNO4S.Li/c1-31-21-14-12-19(13-15-21)7-4-5-16-32-17-22(26(29)30)24-10-6-8-20(28-24)18-33-25-11-3-2-9-23(25)27;/h2-3,6,8-15,17H,4-5,7,16,18H2,1H3,(H,29,30);/q;+1/p-1. The van der Waals surface area contributed by atoms with E-state index in [0.717, 1.165) is 35.6 Å². The number of carbonyl (C=O) groups is 1. The van der Waals surface area contributed by atoms with Crippen LogP contribution in [-0.2, 0) is 21.7 Å². The number of rotatable bonds is 12. The molecule has 0 aliphatic rings. The molecular weight excluding hydrogens is 465 g/mol. The van der Waals surface area contributed by atoms with Crippen molar-refractivity contribution in [2.75, 3.05) is 13.7 Å². The molecule has 3 aromatic rings. The number of aryl methyl sites for hydroxylation is 1. The van der Waals surface area contributed by atoms with E-state index < -0.39 is 5.97 Å². The van der Waals surface area contributed by atoms with E-state index in [4.69, 9.17) is 21.1 Å². The first-order chi connectivity index (χ1) is 16.1. The van der Waals surface area contributed by atoms with Crippen LogP contribution in [0.2, 0.25) is 5.02 Å². The molecule has 0 saturated carbocycles. The Bertz CT molecular complexity index is 1090. The summed E-state index contributed by atoms with van der Waals surface area (Å²) in [5, 5.41) is 12.3. The number of hydrogen-bond acceptors (Lipinski definition) is 6. The number of carbonyl (C=O) groups excluding carboxylic acids is 1. The minimum atomic E-state index is -1.32. The fourth-order valence-corrected chi connectivity index (χ4v) is 4.23. The third-order valence-electron chi connectivity index (χ3n) is 4.85. The summed E-state index contributed by atoms with van der Waals surface area (Å²) in [6.45, 7) is 0.412. The van der Waals surface area contributed by atoms with E-state index >= 15 is 0 Å². The van der Waals surface area contributed by atoms with E-state index in [9.17, 15) is 9.90 Å². The summed E-state index contributed by atoms with van der Waals surface area (Å²) < 4.78 is 10.7. The van der Waals surface area contributed by atoms with Gasteiger partial charge >= 0.3 is 18.9 Å². The van der Waals surface area contributed by atoms with Crippen LogP contribution in [0.4, 0.5) is 0 Å². The fourth-order valence-electron chi connectivity index (χ4n) is 3.09. The van der Waals surface area contributed by atoms with Crippen LogP contribution in [-0.4, -0.2) is 24.7 Å². The number of aromatic nitrogens is 1. The number of halogens is 1. The number of hydrogen-bond donors (Lipinski definition) is 0. The Kier molecular flexibility index (Phi) is 12.1. The monoisotopic (exact) mass is 489 g/mol. The molecule has 8 heteroatoms. The second-order valence-electron chi connectivity index (χ2n) is 7.23. The van der Waals surface area contributed by atoms with Gasteiger partial charge in [-0.05, 0) is 61.2 Å². The Morgan fingerprint density at radius 1 is 1.06 bits per heavy atom. The van der Waals surface area contributed by atoms with Crippen LogP contribution < -0.4 is 28.7 Å². The first-order valence-corrected chi connectivity index (χ1v) is 11.9. The number of unbranched alkanes of at least 4 members (excludes halogenated alkanes) is 1. The van der Waals surface area contributed by atoms with Crippen molar-refractivity contribution < 1.29 is 38.2 Å². The number of carboxylic acids is 1. The van der Waals surface area contributed by atoms with E-state index in [1.165, 1.54) is 11.8 Å². The molecule has 1 heterocycles. The number of benzene rings is 2. The van der Waals surface area contributed by atoms with Crippen molar-refractivity contribution in [1.82, 2.24) is 4.98 Å². The largest absolute Gasteiger partial charge is 1.00 e. The molecule has 0 radical (unpaired) electrons. The number of aliphatic carboxylic acids is 1. The molecule has 0 saturated heterocycles. The summed E-state index contributed by atoms with van der Waals surface area (Å²) >= 11 is 7.74. The summed E-state index contributed by atoms with van der Waals surface area (Å²) in [7, 11) is 1.65. The maximum absolute atomic E-state index is 11.7. The summed E-state index contributed by atoms with van der Waals surface area (Å²) in [5.74, 6) is 0.0724. The van der Waals surface area contributed by atoms with E-state index in [2.05, 4.69) is 4.98 Å². The fraction of sp³-hybridized carbons (Fsp3) is 0.231. The van der Waals surface area contributed by atoms with Gasteiger partial charge in [0.05, 0.1) is 47.9 Å². The molecule has 0 aliphatic heterocycles. The molecule has 0 spiro atoms. The van der Waals surface area contributed by atoms with Crippen LogP contribution >= 0.6 is 23.4 Å². The normalized spacial score (nSPS) is 10.9. The van der Waals surface area contributed by atoms with E-state index in [0.29, 0.717) is 23.1 Å². The van der Waals surface area contributed by atoms with E-state index in [-0.39, 0.29) is 24.4 Å². The Balaban J connectivity index is 0.00000408. The van der Waals surface area contributed by atoms with Gasteiger partial charge in [0.2, 0.25) is 0 Å². The van der Waals surface area contributed by atoms with Crippen molar-refractivity contribution in [3.63, 3.8) is 0 Å². The van der Waals surface area contributed by atoms with E-state index in [1.807, 2.05) is 54.6 Å². The zero-order valence-corrected chi connectivity index (χ0v) is 20.9. The van der Waals surface area contributed by atoms with Gasteiger partial charge in [-0.25, -0.2) is 0 Å². The van der Waals surface area contributed by atoms with Crippen molar-refractivity contribution in [2.45, 2.75) is 29.9 Å². The second-order valence-corrected chi connectivity index (χ2v) is 8.65. The summed E-state index contributed by atoms with van der Waals surface area (Å²) in [6, 6.07) is 20.8. The number of thioether (sulfide) groups is 1. The van der Waals surface area contributed by atoms with Crippen molar-refractivity contribution >= 4 is 34.9 Å². The van der Waals surface area contributed by atoms with Crippen molar-refractivity contribution in [3.8, 4) is 5.75 Å². The molecular formula is C26H25ClLiNO4S. The van der Waals surface area contributed by atoms with Crippen LogP contribution in [0.25, 0.3) is 5.57 Å². The molecule has 0 N–H and O–H groups in total. The van der Waals surface area contributed by atoms with Crippen LogP contribution in [0, 0.1) is 0 Å². The minimum absolute atomic E-state index is 0. The van der Waals surface area contributed by atoms with Gasteiger partial charge in [0.15, 0.2) is 0 Å². The number of methoxy groups -OCH3 is 1. The van der Waals surface area contributed by atoms with Gasteiger partial charge in [-0.1, -0.05) is 41.9 Å². The number of carboxylic acid groups (broad SMARTS) is 1. The predicted molar refractivity (Wildman–Crippen MR) is 130 cm³/mol. The molecule has 0 aliphatic carbocycles. The molecule has 0 unspecified atom stereocenters. The van der Waals surface area contributed by atoms with Gasteiger partial charge in [0.1, 0.15) is 5.75 Å². The van der Waals surface area contributed by atoms with Crippen LogP contribution in [0.1, 0.15) is 29.8 Å². The van der Waals surface area contributed by atoms with Crippen molar-refractivity contribution in [2.24, 2.45) is 0 Å². The van der Waals surface area contributed by atoms with Gasteiger partial charge in [0, 0.05) is 10.6 Å². The molecule has 1 aromatic heterocycles. The number of pyridine rings is 1. The SMILES string of the molecule is COc1ccc(CCCCOC=C(C(=O)[O-])c2cccc(CSc3ccccc3Cl)n2)cc1.[Li+]. The first kappa shape index (κ1) is 27.9. The molecule has 5 nitrogen and oxygen atoms in total. The Labute approximate surface area is 221 Å². The molecule has 0 fully saturated rings. The number of nitrogens with zero attached hydrogens (tertiary/aromatic N) is 1. The van der Waals surface area contributed by atoms with Crippen LogP contribution in [0.5, 0.6) is 5.75 Å². The molecule has 172 valence electrons. The number of ether oxygens (including phenoxy) is 2. The maximum atomic E-state index is 11.7. The van der Waals surface area contributed by atoms with Gasteiger partial charge in [-0.15, -0.1) is 11.8 Å². The molecule has 34 heavy (non-hydrogen) atoms. The molecule has 2 aromatic carbocycles. The van der Waals surface area contributed by atoms with Crippen LogP contribution in [0.15, 0.2) is 77.9 Å². The summed E-state index contributed by atoms with van der Waals surface area (Å²) in [5.41, 5.74) is 2.20. The minimum Gasteiger partial charge on any atom is -0.545 e. The third kappa shape index (κ3) is 8.77. The maximum Gasteiger partial charge on any atom is 1.00 e. The smallest absolute Gasteiger partial charge is 0.545 e. The van der Waals surface area contributed by atoms with Crippen molar-refractivity contribution in [1.29, 1.82) is 0 Å². The van der Waals surface area contributed by atoms with E-state index in [1.54, 1.807) is 31.0 Å². The zero-order chi connectivity index (χ0) is 23.5. The second kappa shape index (κ2) is 14.8. The first-order valence-electron chi connectivity index (χ1n) is 10.6. The Morgan fingerprint density at radius 3 is 2.53 bits per heavy atom. The molecule has 0 atom stereocenters. The van der Waals surface area contributed by atoms with Gasteiger partial charge in [0.25, 0.3) is 0 Å². The zero-order valence-electron chi connectivity index (χ0n) is 19.3. The molecule has 0 bridgehead atoms. The summed E-state index contributed by atoms with van der Waals surface area (Å²) in [4.78, 5) is 17.1. The topological polar surface area (TPSA) is 71.5 Å². The van der Waals surface area contributed by atoms with Gasteiger partial charge < -0.3 is 19.4 Å². The van der Waals surface area contributed by atoms with Crippen LogP contribution in [0.3, 0.4) is 0 Å². The third-order valence-corrected chi connectivity index (χ3v) is 6.40. The Morgan fingerprint density at radius 2 is 1.82 bits per heavy atom.